The van der Waals surface area contributed by atoms with Gasteiger partial charge >= 0.3 is 12.4 Å². The van der Waals surface area contributed by atoms with Gasteiger partial charge in [0, 0.05) is 25.4 Å². The molecule has 0 aromatic heterocycles. The summed E-state index contributed by atoms with van der Waals surface area (Å²) in [6.07, 6.45) is -8.70. The van der Waals surface area contributed by atoms with Gasteiger partial charge in [-0.15, -0.1) is 12.4 Å². The highest BCUT2D eigenvalue weighted by Crippen LogP contribution is 2.41. The van der Waals surface area contributed by atoms with E-state index in [1.54, 1.807) is 13.0 Å². The van der Waals surface area contributed by atoms with Crippen LogP contribution in [0.4, 0.5) is 30.7 Å². The maximum Gasteiger partial charge on any atom is 0.416 e. The SMILES string of the molecule is Cc1cc(F)ccc1C1(CC(=O)N(C)Cc2cc(C(F)(F)F)cc(C(F)(F)F)c2)CCN(C)CC1.Cl. The highest BCUT2D eigenvalue weighted by Gasteiger charge is 2.40. The van der Waals surface area contributed by atoms with Crippen molar-refractivity contribution >= 4 is 18.3 Å². The molecule has 0 spiro atoms. The van der Waals surface area contributed by atoms with Crippen molar-refractivity contribution < 1.29 is 35.5 Å². The molecule has 36 heavy (non-hydrogen) atoms. The number of rotatable bonds is 5. The molecule has 0 N–H and O–H groups in total. The van der Waals surface area contributed by atoms with Crippen molar-refractivity contribution in [1.82, 2.24) is 9.80 Å². The van der Waals surface area contributed by atoms with Crippen molar-refractivity contribution in [2.45, 2.75) is 50.5 Å². The fourth-order valence-corrected chi connectivity index (χ4v) is 4.71. The molecule has 1 fully saturated rings. The van der Waals surface area contributed by atoms with Gasteiger partial charge in [0.05, 0.1) is 11.1 Å². The average molecular weight is 541 g/mol. The number of aryl methyl sites for hydroxylation is 1. The maximum absolute atomic E-state index is 13.7. The van der Waals surface area contributed by atoms with Crippen LogP contribution in [0.2, 0.25) is 0 Å². The first-order valence-electron chi connectivity index (χ1n) is 11.1. The number of hydrogen-bond acceptors (Lipinski definition) is 2. The largest absolute Gasteiger partial charge is 0.416 e. The third kappa shape index (κ3) is 6.91. The van der Waals surface area contributed by atoms with Gasteiger partial charge in [-0.25, -0.2) is 4.39 Å². The molecule has 1 heterocycles. The molecule has 0 aliphatic carbocycles. The smallest absolute Gasteiger partial charge is 0.341 e. The summed E-state index contributed by atoms with van der Waals surface area (Å²) in [4.78, 5) is 16.5. The molecular formula is C25H28ClF7N2O. The number of likely N-dealkylation sites (tertiary alicyclic amines) is 1. The molecule has 0 radical (unpaired) electrons. The minimum absolute atomic E-state index is 0. The summed E-state index contributed by atoms with van der Waals surface area (Å²) in [6.45, 7) is 2.73. The lowest BCUT2D eigenvalue weighted by atomic mass is 9.69. The van der Waals surface area contributed by atoms with E-state index in [4.69, 9.17) is 0 Å². The molecule has 3 rings (SSSR count). The summed E-state index contributed by atoms with van der Waals surface area (Å²) >= 11 is 0. The molecule has 200 valence electrons. The van der Waals surface area contributed by atoms with Crippen LogP contribution in [0.3, 0.4) is 0 Å². The zero-order chi connectivity index (χ0) is 26.2. The van der Waals surface area contributed by atoms with Gasteiger partial charge in [0.25, 0.3) is 0 Å². The molecule has 2 aromatic rings. The minimum atomic E-state index is -4.96. The Bertz CT molecular complexity index is 1040. The quantitative estimate of drug-likeness (QED) is 0.399. The number of amides is 1. The van der Waals surface area contributed by atoms with Gasteiger partial charge in [-0.3, -0.25) is 4.79 Å². The first-order chi connectivity index (χ1) is 16.1. The van der Waals surface area contributed by atoms with Gasteiger partial charge < -0.3 is 9.80 Å². The second-order valence-corrected chi connectivity index (χ2v) is 9.38. The van der Waals surface area contributed by atoms with E-state index in [2.05, 4.69) is 4.90 Å². The Morgan fingerprint density at radius 1 is 0.972 bits per heavy atom. The molecule has 0 unspecified atom stereocenters. The van der Waals surface area contributed by atoms with Crippen LogP contribution in [0, 0.1) is 12.7 Å². The lowest BCUT2D eigenvalue weighted by Crippen LogP contribution is -2.44. The molecule has 1 aliphatic heterocycles. The van der Waals surface area contributed by atoms with E-state index in [-0.39, 0.29) is 30.5 Å². The Morgan fingerprint density at radius 2 is 1.50 bits per heavy atom. The Labute approximate surface area is 211 Å². The number of carbonyl (C=O) groups excluding carboxylic acids is 1. The van der Waals surface area contributed by atoms with E-state index in [9.17, 15) is 35.5 Å². The zero-order valence-electron chi connectivity index (χ0n) is 20.1. The van der Waals surface area contributed by atoms with Gasteiger partial charge in [0.15, 0.2) is 0 Å². The molecule has 2 aromatic carbocycles. The summed E-state index contributed by atoms with van der Waals surface area (Å²) in [5.41, 5.74) is -2.20. The van der Waals surface area contributed by atoms with Gasteiger partial charge in [0.1, 0.15) is 5.82 Å². The summed E-state index contributed by atoms with van der Waals surface area (Å²) in [5, 5.41) is 0. The fourth-order valence-electron chi connectivity index (χ4n) is 4.71. The number of alkyl halides is 6. The number of hydrogen-bond donors (Lipinski definition) is 0. The third-order valence-corrected chi connectivity index (χ3v) is 6.69. The summed E-state index contributed by atoms with van der Waals surface area (Å²) in [5.74, 6) is -0.813. The van der Waals surface area contributed by atoms with E-state index in [0.29, 0.717) is 43.6 Å². The van der Waals surface area contributed by atoms with Crippen LogP contribution < -0.4 is 0 Å². The Hall–Kier alpha value is -2.33. The lowest BCUT2D eigenvalue weighted by molar-refractivity contribution is -0.143. The van der Waals surface area contributed by atoms with Crippen LogP contribution in [0.1, 0.15) is 47.1 Å². The topological polar surface area (TPSA) is 23.6 Å². The monoisotopic (exact) mass is 540 g/mol. The van der Waals surface area contributed by atoms with E-state index in [0.717, 1.165) is 10.5 Å². The first kappa shape index (κ1) is 29.9. The van der Waals surface area contributed by atoms with Crippen LogP contribution >= 0.6 is 12.4 Å². The predicted octanol–water partition coefficient (Wildman–Crippen LogP) is 6.61. The summed E-state index contributed by atoms with van der Waals surface area (Å²) < 4.78 is 92.9. The van der Waals surface area contributed by atoms with Crippen molar-refractivity contribution in [3.63, 3.8) is 0 Å². The normalized spacial score (nSPS) is 16.4. The van der Waals surface area contributed by atoms with E-state index in [1.165, 1.54) is 19.2 Å². The molecule has 11 heteroatoms. The van der Waals surface area contributed by atoms with Crippen LogP contribution in [-0.2, 0) is 29.1 Å². The van der Waals surface area contributed by atoms with Gasteiger partial charge in [0.2, 0.25) is 5.91 Å². The Morgan fingerprint density at radius 3 is 1.97 bits per heavy atom. The fraction of sp³-hybridized carbons (Fsp3) is 0.480. The minimum Gasteiger partial charge on any atom is -0.341 e. The molecule has 1 amide bonds. The van der Waals surface area contributed by atoms with E-state index in [1.807, 2.05) is 7.05 Å². The standard InChI is InChI=1S/C25H27F7N2O.ClH/c1-16-10-20(26)4-5-21(16)23(6-8-33(2)9-7-23)14-22(35)34(3)15-17-11-18(24(27,28)29)13-19(12-17)25(30,31)32;/h4-5,10-13H,6-9,14-15H2,1-3H3;1H. The van der Waals surface area contributed by atoms with Gasteiger partial charge in [-0.1, -0.05) is 6.07 Å². The first-order valence-corrected chi connectivity index (χ1v) is 11.1. The summed E-state index contributed by atoms with van der Waals surface area (Å²) in [7, 11) is 3.30. The number of carbonyl (C=O) groups is 1. The highest BCUT2D eigenvalue weighted by molar-refractivity contribution is 5.85. The van der Waals surface area contributed by atoms with Crippen LogP contribution in [0.15, 0.2) is 36.4 Å². The molecule has 0 atom stereocenters. The van der Waals surface area contributed by atoms with Crippen molar-refractivity contribution in [2.75, 3.05) is 27.2 Å². The Kier molecular flexibility index (Phi) is 9.10. The van der Waals surface area contributed by atoms with Crippen molar-refractivity contribution in [3.05, 3.63) is 70.0 Å². The molecule has 1 saturated heterocycles. The molecular weight excluding hydrogens is 513 g/mol. The van der Waals surface area contributed by atoms with Gasteiger partial charge in [-0.05, 0) is 86.9 Å². The number of piperidine rings is 1. The lowest BCUT2D eigenvalue weighted by Gasteiger charge is -2.42. The zero-order valence-corrected chi connectivity index (χ0v) is 20.9. The van der Waals surface area contributed by atoms with E-state index >= 15 is 0 Å². The Balaban J connectivity index is 0.00000456. The van der Waals surface area contributed by atoms with Crippen molar-refractivity contribution in [1.29, 1.82) is 0 Å². The van der Waals surface area contributed by atoms with Crippen LogP contribution in [-0.4, -0.2) is 42.9 Å². The molecule has 0 saturated carbocycles. The second kappa shape index (κ2) is 11.0. The summed E-state index contributed by atoms with van der Waals surface area (Å²) in [6, 6.07) is 5.72. The number of halogens is 8. The highest BCUT2D eigenvalue weighted by atomic mass is 35.5. The predicted molar refractivity (Wildman–Crippen MR) is 124 cm³/mol. The van der Waals surface area contributed by atoms with Crippen LogP contribution in [0.5, 0.6) is 0 Å². The van der Waals surface area contributed by atoms with Crippen molar-refractivity contribution in [3.8, 4) is 0 Å². The average Bonchev–Trinajstić information content (AvgIpc) is 2.74. The number of nitrogens with zero attached hydrogens (tertiary/aromatic N) is 2. The molecule has 0 bridgehead atoms. The molecule has 3 nitrogen and oxygen atoms in total. The maximum atomic E-state index is 13.7. The third-order valence-electron chi connectivity index (χ3n) is 6.69. The molecule has 1 aliphatic rings. The van der Waals surface area contributed by atoms with Crippen molar-refractivity contribution in [2.24, 2.45) is 0 Å². The number of benzene rings is 2. The van der Waals surface area contributed by atoms with Crippen LogP contribution in [0.25, 0.3) is 0 Å². The van der Waals surface area contributed by atoms with E-state index < -0.39 is 47.2 Å². The second-order valence-electron chi connectivity index (χ2n) is 9.38. The van der Waals surface area contributed by atoms with Gasteiger partial charge in [-0.2, -0.15) is 26.3 Å².